The third-order valence-electron chi connectivity index (χ3n) is 4.79. The number of carbonyl (C=O) groups excluding carboxylic acids is 1. The molecule has 0 radical (unpaired) electrons. The molecule has 0 bridgehead atoms. The van der Waals surface area contributed by atoms with Crippen molar-refractivity contribution in [2.75, 3.05) is 31.6 Å². The summed E-state index contributed by atoms with van der Waals surface area (Å²) in [7, 11) is -3.63. The van der Waals surface area contributed by atoms with Crippen molar-refractivity contribution in [3.63, 3.8) is 0 Å². The lowest BCUT2D eigenvalue weighted by atomic mass is 10.2. The molecule has 162 valence electrons. The van der Waals surface area contributed by atoms with Crippen LogP contribution in [0, 0.1) is 0 Å². The first-order chi connectivity index (χ1) is 15.0. The molecule has 31 heavy (non-hydrogen) atoms. The first-order valence-corrected chi connectivity index (χ1v) is 11.3. The quantitative estimate of drug-likeness (QED) is 0.597. The van der Waals surface area contributed by atoms with Crippen LogP contribution in [0.2, 0.25) is 0 Å². The van der Waals surface area contributed by atoms with Crippen LogP contribution >= 0.6 is 0 Å². The van der Waals surface area contributed by atoms with E-state index in [-0.39, 0.29) is 23.6 Å². The van der Waals surface area contributed by atoms with E-state index in [0.717, 1.165) is 5.56 Å². The van der Waals surface area contributed by atoms with Crippen LogP contribution in [0.4, 0.5) is 5.69 Å². The van der Waals surface area contributed by atoms with E-state index in [2.05, 4.69) is 15.5 Å². The van der Waals surface area contributed by atoms with Crippen molar-refractivity contribution < 1.29 is 22.5 Å². The zero-order valence-electron chi connectivity index (χ0n) is 16.7. The summed E-state index contributed by atoms with van der Waals surface area (Å²) in [5, 5.41) is 6.66. The molecule has 4 rings (SSSR count). The number of sulfonamides is 1. The second-order valence-corrected chi connectivity index (χ2v) is 8.91. The summed E-state index contributed by atoms with van der Waals surface area (Å²) < 4.78 is 37.4. The Kier molecular flexibility index (Phi) is 6.40. The molecule has 0 atom stereocenters. The topological polar surface area (TPSA) is 115 Å². The number of carbonyl (C=O) groups is 1. The number of aryl methyl sites for hydroxylation is 1. The molecule has 1 aliphatic heterocycles. The molecule has 2 aromatic carbocycles. The smallest absolute Gasteiger partial charge is 0.243 e. The van der Waals surface area contributed by atoms with Crippen molar-refractivity contribution >= 4 is 21.6 Å². The molecule has 10 heteroatoms. The van der Waals surface area contributed by atoms with Gasteiger partial charge in [0.1, 0.15) is 0 Å². The molecular weight excluding hydrogens is 420 g/mol. The lowest BCUT2D eigenvalue weighted by molar-refractivity contribution is -0.116. The molecule has 1 fully saturated rings. The fourth-order valence-electron chi connectivity index (χ4n) is 3.18. The first kappa shape index (κ1) is 21.2. The van der Waals surface area contributed by atoms with Gasteiger partial charge in [0.15, 0.2) is 0 Å². The van der Waals surface area contributed by atoms with Crippen molar-refractivity contribution in [2.24, 2.45) is 0 Å². The summed E-state index contributed by atoms with van der Waals surface area (Å²) in [5.74, 6) is 0.551. The number of nitrogens with zero attached hydrogens (tertiary/aromatic N) is 3. The van der Waals surface area contributed by atoms with Crippen molar-refractivity contribution in [3.8, 4) is 11.4 Å². The van der Waals surface area contributed by atoms with Gasteiger partial charge in [0, 0.05) is 37.2 Å². The number of anilines is 1. The van der Waals surface area contributed by atoms with Gasteiger partial charge in [0.2, 0.25) is 27.6 Å². The van der Waals surface area contributed by atoms with Crippen LogP contribution in [0.25, 0.3) is 11.4 Å². The standard InChI is InChI=1S/C21H22N4O5S/c26-19(9-10-20-23-21(24-30-20)16-5-2-1-3-6-16)22-17-7-4-8-18(15-17)31(27,28)25-11-13-29-14-12-25/h1-8,15H,9-14H2,(H,22,26). The summed E-state index contributed by atoms with van der Waals surface area (Å²) in [6.07, 6.45) is 0.397. The van der Waals surface area contributed by atoms with Gasteiger partial charge >= 0.3 is 0 Å². The SMILES string of the molecule is O=C(CCc1nc(-c2ccccc2)no1)Nc1cccc(S(=O)(=O)N2CCOCC2)c1. The summed E-state index contributed by atoms with van der Waals surface area (Å²) in [5.41, 5.74) is 1.25. The molecule has 1 aromatic heterocycles. The number of rotatable bonds is 7. The third kappa shape index (κ3) is 5.16. The Balaban J connectivity index is 1.36. The molecule has 1 N–H and O–H groups in total. The van der Waals surface area contributed by atoms with Crippen LogP contribution in [-0.4, -0.2) is 55.1 Å². The Morgan fingerprint density at radius 3 is 2.61 bits per heavy atom. The van der Waals surface area contributed by atoms with Crippen LogP contribution in [0.15, 0.2) is 64.0 Å². The zero-order valence-corrected chi connectivity index (χ0v) is 17.5. The Labute approximate surface area is 180 Å². The van der Waals surface area contributed by atoms with Gasteiger partial charge in [-0.25, -0.2) is 8.42 Å². The highest BCUT2D eigenvalue weighted by atomic mass is 32.2. The number of nitrogens with one attached hydrogen (secondary N) is 1. The number of hydrogen-bond acceptors (Lipinski definition) is 7. The van der Waals surface area contributed by atoms with E-state index in [1.807, 2.05) is 30.3 Å². The number of hydrogen-bond donors (Lipinski definition) is 1. The molecule has 0 saturated carbocycles. The van der Waals surface area contributed by atoms with Crippen LogP contribution < -0.4 is 5.32 Å². The Morgan fingerprint density at radius 2 is 1.84 bits per heavy atom. The first-order valence-electron chi connectivity index (χ1n) is 9.88. The van der Waals surface area contributed by atoms with Gasteiger partial charge in [-0.3, -0.25) is 4.79 Å². The Bertz CT molecular complexity index is 1140. The molecule has 3 aromatic rings. The minimum atomic E-state index is -3.63. The number of aromatic nitrogens is 2. The zero-order chi connectivity index (χ0) is 21.7. The molecule has 0 unspecified atom stereocenters. The number of morpholine rings is 1. The fraction of sp³-hybridized carbons (Fsp3) is 0.286. The van der Waals surface area contributed by atoms with E-state index < -0.39 is 10.0 Å². The number of benzene rings is 2. The molecule has 2 heterocycles. The number of amides is 1. The largest absolute Gasteiger partial charge is 0.379 e. The maximum Gasteiger partial charge on any atom is 0.243 e. The highest BCUT2D eigenvalue weighted by Gasteiger charge is 2.26. The molecule has 1 aliphatic rings. The molecule has 1 amide bonds. The van der Waals surface area contributed by atoms with Crippen molar-refractivity contribution in [2.45, 2.75) is 17.7 Å². The normalized spacial score (nSPS) is 15.0. The van der Waals surface area contributed by atoms with E-state index >= 15 is 0 Å². The predicted molar refractivity (Wildman–Crippen MR) is 113 cm³/mol. The van der Waals surface area contributed by atoms with Gasteiger partial charge in [-0.1, -0.05) is 41.6 Å². The maximum atomic E-state index is 12.8. The summed E-state index contributed by atoms with van der Waals surface area (Å²) in [4.78, 5) is 16.8. The highest BCUT2D eigenvalue weighted by Crippen LogP contribution is 2.21. The van der Waals surface area contributed by atoms with Crippen LogP contribution in [0.1, 0.15) is 12.3 Å². The van der Waals surface area contributed by atoms with Crippen LogP contribution in [0.3, 0.4) is 0 Å². The molecule has 1 saturated heterocycles. The second kappa shape index (κ2) is 9.38. The predicted octanol–water partition coefficient (Wildman–Crippen LogP) is 2.33. The highest BCUT2D eigenvalue weighted by molar-refractivity contribution is 7.89. The monoisotopic (exact) mass is 442 g/mol. The minimum absolute atomic E-state index is 0.122. The molecular formula is C21H22N4O5S. The van der Waals surface area contributed by atoms with Crippen LogP contribution in [0.5, 0.6) is 0 Å². The van der Waals surface area contributed by atoms with E-state index in [0.29, 0.717) is 43.7 Å². The average Bonchev–Trinajstić information content (AvgIpc) is 3.28. The Morgan fingerprint density at radius 1 is 1.06 bits per heavy atom. The summed E-state index contributed by atoms with van der Waals surface area (Å²) in [6.45, 7) is 1.37. The van der Waals surface area contributed by atoms with Gasteiger partial charge in [-0.05, 0) is 18.2 Å². The van der Waals surface area contributed by atoms with Gasteiger partial charge < -0.3 is 14.6 Å². The van der Waals surface area contributed by atoms with E-state index in [1.54, 1.807) is 12.1 Å². The van der Waals surface area contributed by atoms with Gasteiger partial charge in [0.05, 0.1) is 18.1 Å². The maximum absolute atomic E-state index is 12.8. The van der Waals surface area contributed by atoms with Crippen molar-refractivity contribution in [1.82, 2.24) is 14.4 Å². The van der Waals surface area contributed by atoms with Gasteiger partial charge in [0.25, 0.3) is 0 Å². The van der Waals surface area contributed by atoms with E-state index in [9.17, 15) is 13.2 Å². The number of ether oxygens (including phenoxy) is 1. The fourth-order valence-corrected chi connectivity index (χ4v) is 4.63. The van der Waals surface area contributed by atoms with Gasteiger partial charge in [-0.15, -0.1) is 0 Å². The summed E-state index contributed by atoms with van der Waals surface area (Å²) >= 11 is 0. The average molecular weight is 442 g/mol. The lowest BCUT2D eigenvalue weighted by Gasteiger charge is -2.26. The molecule has 0 spiro atoms. The Hall–Kier alpha value is -3.08. The second-order valence-electron chi connectivity index (χ2n) is 6.97. The lowest BCUT2D eigenvalue weighted by Crippen LogP contribution is -2.40. The van der Waals surface area contributed by atoms with Gasteiger partial charge in [-0.2, -0.15) is 9.29 Å². The van der Waals surface area contributed by atoms with Crippen LogP contribution in [-0.2, 0) is 26.0 Å². The molecule has 0 aliphatic carbocycles. The molecule has 9 nitrogen and oxygen atoms in total. The summed E-state index contributed by atoms with van der Waals surface area (Å²) in [6, 6.07) is 15.6. The third-order valence-corrected chi connectivity index (χ3v) is 6.69. The van der Waals surface area contributed by atoms with Crippen molar-refractivity contribution in [1.29, 1.82) is 0 Å². The van der Waals surface area contributed by atoms with Crippen molar-refractivity contribution in [3.05, 3.63) is 60.5 Å². The minimum Gasteiger partial charge on any atom is -0.379 e. The van der Waals surface area contributed by atoms with E-state index in [1.165, 1.54) is 16.4 Å². The van der Waals surface area contributed by atoms with E-state index in [4.69, 9.17) is 9.26 Å².